The molecular formula is C28H32N4O3. The summed E-state index contributed by atoms with van der Waals surface area (Å²) in [6, 6.07) is 9.83. The van der Waals surface area contributed by atoms with E-state index in [1.807, 2.05) is 37.3 Å². The number of nitrogens with zero attached hydrogens (tertiary/aromatic N) is 1. The lowest BCUT2D eigenvalue weighted by Gasteiger charge is -2.23. The Kier molecular flexibility index (Phi) is 6.78. The molecule has 1 aliphatic carbocycles. The molecular weight excluding hydrogens is 440 g/mol. The summed E-state index contributed by atoms with van der Waals surface area (Å²) in [5.41, 5.74) is 13.4. The van der Waals surface area contributed by atoms with E-state index in [4.69, 9.17) is 5.73 Å². The summed E-state index contributed by atoms with van der Waals surface area (Å²) in [6.07, 6.45) is 4.48. The molecule has 0 bridgehead atoms. The smallest absolute Gasteiger partial charge is 0.247 e. The number of hydrogen-bond donors (Lipinski definition) is 3. The molecule has 7 heteroatoms. The van der Waals surface area contributed by atoms with Gasteiger partial charge in [-0.15, -0.1) is 0 Å². The lowest BCUT2D eigenvalue weighted by atomic mass is 9.83. The zero-order valence-corrected chi connectivity index (χ0v) is 20.5. The van der Waals surface area contributed by atoms with Crippen molar-refractivity contribution in [3.8, 4) is 11.1 Å². The average Bonchev–Trinajstić information content (AvgIpc) is 3.20. The summed E-state index contributed by atoms with van der Waals surface area (Å²) in [4.78, 5) is 41.3. The highest BCUT2D eigenvalue weighted by Crippen LogP contribution is 2.41. The number of fused-ring (bicyclic) bond motifs is 3. The van der Waals surface area contributed by atoms with Crippen molar-refractivity contribution in [2.45, 2.75) is 39.0 Å². The molecule has 0 saturated heterocycles. The monoisotopic (exact) mass is 472 g/mol. The molecule has 35 heavy (non-hydrogen) atoms. The fourth-order valence-electron chi connectivity index (χ4n) is 5.08. The van der Waals surface area contributed by atoms with Crippen LogP contribution < -0.4 is 11.1 Å². The third kappa shape index (κ3) is 4.85. The van der Waals surface area contributed by atoms with Crippen molar-refractivity contribution in [2.75, 3.05) is 19.4 Å². The largest absolute Gasteiger partial charge is 0.369 e. The van der Waals surface area contributed by atoms with Gasteiger partial charge in [0, 0.05) is 37.3 Å². The molecule has 2 aromatic carbocycles. The molecule has 3 amide bonds. The minimum Gasteiger partial charge on any atom is -0.369 e. The Balaban J connectivity index is 1.84. The van der Waals surface area contributed by atoms with Gasteiger partial charge in [-0.1, -0.05) is 30.8 Å². The third-order valence-electron chi connectivity index (χ3n) is 6.92. The fraction of sp³-hybridized carbons (Fsp3) is 0.321. The van der Waals surface area contributed by atoms with Gasteiger partial charge >= 0.3 is 0 Å². The minimum atomic E-state index is -0.383. The van der Waals surface area contributed by atoms with Crippen molar-refractivity contribution in [2.24, 2.45) is 11.7 Å². The van der Waals surface area contributed by atoms with Crippen molar-refractivity contribution in [1.82, 2.24) is 9.88 Å². The minimum absolute atomic E-state index is 0.138. The zero-order valence-electron chi connectivity index (χ0n) is 20.5. The molecule has 0 radical (unpaired) electrons. The molecule has 4 rings (SSSR count). The number of primary amides is 1. The molecule has 7 nitrogen and oxygen atoms in total. The van der Waals surface area contributed by atoms with Gasteiger partial charge in [0.15, 0.2) is 0 Å². The zero-order chi connectivity index (χ0) is 25.3. The van der Waals surface area contributed by atoms with E-state index >= 15 is 0 Å². The van der Waals surface area contributed by atoms with Gasteiger partial charge in [0.1, 0.15) is 0 Å². The van der Waals surface area contributed by atoms with Gasteiger partial charge in [-0.3, -0.25) is 14.4 Å². The number of nitrogens with two attached hydrogens (primary N) is 1. The maximum Gasteiger partial charge on any atom is 0.247 e. The summed E-state index contributed by atoms with van der Waals surface area (Å²) in [5, 5.41) is 3.97. The first-order chi connectivity index (χ1) is 16.7. The Bertz CT molecular complexity index is 1340. The van der Waals surface area contributed by atoms with Crippen LogP contribution in [0.25, 0.3) is 22.0 Å². The first-order valence-electron chi connectivity index (χ1n) is 11.9. The first kappa shape index (κ1) is 24.3. The maximum atomic E-state index is 12.3. The van der Waals surface area contributed by atoms with Crippen molar-refractivity contribution < 1.29 is 14.4 Å². The lowest BCUT2D eigenvalue weighted by Crippen LogP contribution is -2.26. The van der Waals surface area contributed by atoms with E-state index in [1.165, 1.54) is 11.6 Å². The number of H-pyrrole nitrogens is 1. The topological polar surface area (TPSA) is 108 Å². The van der Waals surface area contributed by atoms with Crippen molar-refractivity contribution >= 4 is 34.3 Å². The lowest BCUT2D eigenvalue weighted by molar-refractivity contribution is -0.129. The number of anilines is 1. The summed E-state index contributed by atoms with van der Waals surface area (Å²) in [7, 11) is 3.58. The van der Waals surface area contributed by atoms with E-state index in [-0.39, 0.29) is 30.1 Å². The summed E-state index contributed by atoms with van der Waals surface area (Å²) >= 11 is 0. The van der Waals surface area contributed by atoms with Crippen molar-refractivity contribution in [3.63, 3.8) is 0 Å². The normalized spacial score (nSPS) is 14.9. The Morgan fingerprint density at radius 1 is 1.20 bits per heavy atom. The average molecular weight is 473 g/mol. The number of amides is 3. The number of rotatable bonds is 7. The van der Waals surface area contributed by atoms with Crippen LogP contribution in [0, 0.1) is 12.8 Å². The van der Waals surface area contributed by atoms with Gasteiger partial charge in [0.25, 0.3) is 0 Å². The molecule has 4 N–H and O–H groups in total. The van der Waals surface area contributed by atoms with Crippen LogP contribution in [0.5, 0.6) is 0 Å². The van der Waals surface area contributed by atoms with Crippen LogP contribution in [-0.2, 0) is 33.6 Å². The third-order valence-corrected chi connectivity index (χ3v) is 6.92. The second-order valence-electron chi connectivity index (χ2n) is 9.52. The highest BCUT2D eigenvalue weighted by Gasteiger charge is 2.27. The molecule has 0 aliphatic heterocycles. The van der Waals surface area contributed by atoms with Crippen LogP contribution >= 0.6 is 0 Å². The van der Waals surface area contributed by atoms with E-state index < -0.39 is 0 Å². The maximum absolute atomic E-state index is 12.3. The SMILES string of the molecule is C=CC(=O)Nc1cccc(-c2ccc(CC(N)=O)c3[nH]c4c(c23)CCC(CC(=O)N(C)C)C4)c1C. The van der Waals surface area contributed by atoms with Gasteiger partial charge in [-0.25, -0.2) is 0 Å². The number of hydrogen-bond acceptors (Lipinski definition) is 3. The van der Waals surface area contributed by atoms with Crippen LogP contribution in [-0.4, -0.2) is 41.7 Å². The number of nitrogens with one attached hydrogen (secondary N) is 2. The molecule has 0 spiro atoms. The highest BCUT2D eigenvalue weighted by molar-refractivity contribution is 6.04. The molecule has 182 valence electrons. The van der Waals surface area contributed by atoms with E-state index in [0.717, 1.165) is 63.8 Å². The summed E-state index contributed by atoms with van der Waals surface area (Å²) in [5.74, 6) is -0.234. The van der Waals surface area contributed by atoms with Crippen molar-refractivity contribution in [3.05, 3.63) is 65.4 Å². The number of carbonyl (C=O) groups is 3. The van der Waals surface area contributed by atoms with Crippen LogP contribution in [0.15, 0.2) is 43.0 Å². The Morgan fingerprint density at radius 2 is 1.97 bits per heavy atom. The molecule has 0 saturated carbocycles. The number of aromatic nitrogens is 1. The summed E-state index contributed by atoms with van der Waals surface area (Å²) < 4.78 is 0. The second-order valence-corrected chi connectivity index (χ2v) is 9.52. The quantitative estimate of drug-likeness (QED) is 0.454. The van der Waals surface area contributed by atoms with Gasteiger partial charge in [0.2, 0.25) is 17.7 Å². The van der Waals surface area contributed by atoms with Crippen LogP contribution in [0.3, 0.4) is 0 Å². The van der Waals surface area contributed by atoms with Gasteiger partial charge in [0.05, 0.1) is 11.9 Å². The Hall–Kier alpha value is -3.87. The van der Waals surface area contributed by atoms with Gasteiger partial charge < -0.3 is 20.9 Å². The van der Waals surface area contributed by atoms with Gasteiger partial charge in [-0.2, -0.15) is 0 Å². The Morgan fingerprint density at radius 3 is 2.66 bits per heavy atom. The van der Waals surface area contributed by atoms with Crippen LogP contribution in [0.4, 0.5) is 5.69 Å². The molecule has 1 aliphatic rings. The van der Waals surface area contributed by atoms with Crippen molar-refractivity contribution in [1.29, 1.82) is 0 Å². The first-order valence-corrected chi connectivity index (χ1v) is 11.9. The van der Waals surface area contributed by atoms with E-state index in [9.17, 15) is 14.4 Å². The van der Waals surface area contributed by atoms with E-state index in [0.29, 0.717) is 6.42 Å². The van der Waals surface area contributed by atoms with Crippen LogP contribution in [0.1, 0.15) is 35.2 Å². The number of aryl methyl sites for hydroxylation is 1. The molecule has 1 atom stereocenters. The second kappa shape index (κ2) is 9.78. The summed E-state index contributed by atoms with van der Waals surface area (Å²) in [6.45, 7) is 5.52. The molecule has 3 aromatic rings. The predicted molar refractivity (Wildman–Crippen MR) is 139 cm³/mol. The highest BCUT2D eigenvalue weighted by atomic mass is 16.2. The number of aromatic amines is 1. The Labute approximate surface area is 205 Å². The fourth-order valence-corrected chi connectivity index (χ4v) is 5.08. The molecule has 1 heterocycles. The molecule has 1 aromatic heterocycles. The molecule has 1 unspecified atom stereocenters. The standard InChI is InChI=1S/C28H32N4O3/c1-5-25(34)30-22-8-6-7-19(16(22)2)20-12-10-18(15-24(29)33)28-27(20)21-11-9-17(13-23(21)31-28)14-26(35)32(3)4/h5-8,10,12,17,31H,1,9,11,13-15H2,2-4H3,(H2,29,33)(H,30,34). The predicted octanol–water partition coefficient (Wildman–Crippen LogP) is 3.88. The van der Waals surface area contributed by atoms with Crippen LogP contribution in [0.2, 0.25) is 0 Å². The van der Waals surface area contributed by atoms with E-state index in [1.54, 1.807) is 19.0 Å². The number of carbonyl (C=O) groups excluding carboxylic acids is 3. The molecule has 0 fully saturated rings. The van der Waals surface area contributed by atoms with E-state index in [2.05, 4.69) is 16.9 Å². The van der Waals surface area contributed by atoms with Gasteiger partial charge in [-0.05, 0) is 72.1 Å². The number of benzene rings is 2.